The molecule has 80 valence electrons. The summed E-state index contributed by atoms with van der Waals surface area (Å²) in [6, 6.07) is 3.87. The van der Waals surface area contributed by atoms with Gasteiger partial charge in [0, 0.05) is 11.4 Å². The van der Waals surface area contributed by atoms with Crippen LogP contribution in [0.3, 0.4) is 0 Å². The molecular weight excluding hydrogens is 256 g/mol. The molecule has 0 heterocycles. The zero-order valence-corrected chi connectivity index (χ0v) is 10.3. The molecule has 0 saturated heterocycles. The molecule has 0 fully saturated rings. The number of fused-ring (bicyclic) bond motifs is 1. The van der Waals surface area contributed by atoms with Crippen molar-refractivity contribution < 1.29 is 9.53 Å². The average Bonchev–Trinajstić information content (AvgIpc) is 2.16. The van der Waals surface area contributed by atoms with E-state index in [0.29, 0.717) is 5.75 Å². The number of aryl methyl sites for hydroxylation is 1. The van der Waals surface area contributed by atoms with Crippen LogP contribution in [0.5, 0.6) is 5.75 Å². The minimum absolute atomic E-state index is 0.266. The lowest BCUT2D eigenvalue weighted by Gasteiger charge is -2.18. The molecule has 0 amide bonds. The summed E-state index contributed by atoms with van der Waals surface area (Å²) in [5.74, 6) is 0.382. The number of hydrogen-bond acceptors (Lipinski definition) is 2. The van der Waals surface area contributed by atoms with E-state index in [0.717, 1.165) is 17.3 Å². The van der Waals surface area contributed by atoms with Gasteiger partial charge in [-0.05, 0) is 48.9 Å². The van der Waals surface area contributed by atoms with Gasteiger partial charge >= 0.3 is 5.97 Å². The summed E-state index contributed by atoms with van der Waals surface area (Å²) in [7, 11) is 0. The number of benzene rings is 1. The van der Waals surface area contributed by atoms with Crippen molar-refractivity contribution >= 4 is 21.9 Å². The maximum atomic E-state index is 10.9. The Morgan fingerprint density at radius 1 is 1.33 bits per heavy atom. The van der Waals surface area contributed by atoms with Crippen molar-refractivity contribution in [1.82, 2.24) is 0 Å². The van der Waals surface area contributed by atoms with Crippen molar-refractivity contribution in [1.29, 1.82) is 0 Å². The summed E-state index contributed by atoms with van der Waals surface area (Å²) in [5.41, 5.74) is 2.68. The molecule has 0 radical (unpaired) electrons. The molecule has 2 rings (SSSR count). The molecular formula is C12H13BrO2. The second-order valence-corrected chi connectivity index (χ2v) is 4.70. The highest BCUT2D eigenvalue weighted by atomic mass is 79.9. The molecule has 0 aliphatic heterocycles. The van der Waals surface area contributed by atoms with Gasteiger partial charge < -0.3 is 4.74 Å². The third kappa shape index (κ3) is 2.40. The highest BCUT2D eigenvalue weighted by Crippen LogP contribution is 2.32. The largest absolute Gasteiger partial charge is 0.427 e. The Labute approximate surface area is 97.8 Å². The molecule has 0 saturated carbocycles. The van der Waals surface area contributed by atoms with Crippen LogP contribution in [0.1, 0.15) is 30.9 Å². The van der Waals surface area contributed by atoms with Crippen molar-refractivity contribution in [2.24, 2.45) is 0 Å². The van der Waals surface area contributed by atoms with E-state index in [1.165, 1.54) is 30.9 Å². The minimum Gasteiger partial charge on any atom is -0.427 e. The quantitative estimate of drug-likeness (QED) is 0.577. The van der Waals surface area contributed by atoms with Crippen LogP contribution < -0.4 is 4.74 Å². The second kappa shape index (κ2) is 4.35. The SMILES string of the molecule is CC(=O)Oc1cc(Br)c2c(c1)CCCC2. The smallest absolute Gasteiger partial charge is 0.308 e. The third-order valence-corrected chi connectivity index (χ3v) is 3.35. The summed E-state index contributed by atoms with van der Waals surface area (Å²) in [6.45, 7) is 1.42. The predicted molar refractivity (Wildman–Crippen MR) is 62.1 cm³/mol. The summed E-state index contributed by atoms with van der Waals surface area (Å²) >= 11 is 3.53. The Morgan fingerprint density at radius 2 is 2.07 bits per heavy atom. The summed E-state index contributed by atoms with van der Waals surface area (Å²) in [4.78, 5) is 10.9. The number of esters is 1. The van der Waals surface area contributed by atoms with Crippen molar-refractivity contribution in [3.05, 3.63) is 27.7 Å². The molecule has 0 aromatic heterocycles. The van der Waals surface area contributed by atoms with E-state index in [-0.39, 0.29) is 5.97 Å². The van der Waals surface area contributed by atoms with Gasteiger partial charge in [0.15, 0.2) is 0 Å². The third-order valence-electron chi connectivity index (χ3n) is 2.65. The van der Waals surface area contributed by atoms with Crippen LogP contribution in [0.2, 0.25) is 0 Å². The van der Waals surface area contributed by atoms with Gasteiger partial charge in [0.25, 0.3) is 0 Å². The van der Waals surface area contributed by atoms with E-state index in [4.69, 9.17) is 4.74 Å². The van der Waals surface area contributed by atoms with Crippen LogP contribution >= 0.6 is 15.9 Å². The zero-order chi connectivity index (χ0) is 10.8. The van der Waals surface area contributed by atoms with Crippen LogP contribution in [0, 0.1) is 0 Å². The lowest BCUT2D eigenvalue weighted by molar-refractivity contribution is -0.131. The predicted octanol–water partition coefficient (Wildman–Crippen LogP) is 3.25. The number of rotatable bonds is 1. The monoisotopic (exact) mass is 268 g/mol. The Kier molecular flexibility index (Phi) is 3.10. The molecule has 0 atom stereocenters. The molecule has 0 unspecified atom stereocenters. The molecule has 2 nitrogen and oxygen atoms in total. The Bertz CT molecular complexity index is 399. The Balaban J connectivity index is 2.36. The first-order valence-electron chi connectivity index (χ1n) is 5.16. The Hall–Kier alpha value is -0.830. The first-order valence-corrected chi connectivity index (χ1v) is 5.96. The van der Waals surface area contributed by atoms with Crippen LogP contribution in [-0.2, 0) is 17.6 Å². The lowest BCUT2D eigenvalue weighted by atomic mass is 9.92. The van der Waals surface area contributed by atoms with E-state index in [1.54, 1.807) is 0 Å². The normalized spacial score (nSPS) is 14.5. The van der Waals surface area contributed by atoms with Gasteiger partial charge in [0.1, 0.15) is 5.75 Å². The van der Waals surface area contributed by atoms with Gasteiger partial charge in [-0.3, -0.25) is 4.79 Å². The van der Waals surface area contributed by atoms with E-state index < -0.39 is 0 Å². The Morgan fingerprint density at radius 3 is 2.80 bits per heavy atom. The first-order chi connectivity index (χ1) is 7.16. The van der Waals surface area contributed by atoms with Gasteiger partial charge in [0.2, 0.25) is 0 Å². The van der Waals surface area contributed by atoms with Crippen LogP contribution in [0.15, 0.2) is 16.6 Å². The average molecular weight is 269 g/mol. The highest BCUT2D eigenvalue weighted by Gasteiger charge is 2.14. The van der Waals surface area contributed by atoms with Crippen molar-refractivity contribution in [2.75, 3.05) is 0 Å². The summed E-state index contributed by atoms with van der Waals surface area (Å²) in [5, 5.41) is 0. The first kappa shape index (κ1) is 10.7. The van der Waals surface area contributed by atoms with E-state index in [1.807, 2.05) is 12.1 Å². The molecule has 0 bridgehead atoms. The second-order valence-electron chi connectivity index (χ2n) is 3.84. The molecule has 0 spiro atoms. The number of ether oxygens (including phenoxy) is 1. The van der Waals surface area contributed by atoms with Crippen molar-refractivity contribution in [3.63, 3.8) is 0 Å². The van der Waals surface area contributed by atoms with Gasteiger partial charge in [-0.15, -0.1) is 0 Å². The maximum absolute atomic E-state index is 10.9. The molecule has 15 heavy (non-hydrogen) atoms. The molecule has 1 aromatic rings. The van der Waals surface area contributed by atoms with E-state index >= 15 is 0 Å². The fourth-order valence-electron chi connectivity index (χ4n) is 2.01. The number of halogens is 1. The fraction of sp³-hybridized carbons (Fsp3) is 0.417. The minimum atomic E-state index is -0.266. The topological polar surface area (TPSA) is 26.3 Å². The van der Waals surface area contributed by atoms with E-state index in [2.05, 4.69) is 15.9 Å². The maximum Gasteiger partial charge on any atom is 0.308 e. The molecule has 1 aliphatic rings. The number of carbonyl (C=O) groups is 1. The summed E-state index contributed by atoms with van der Waals surface area (Å²) in [6.07, 6.45) is 4.68. The van der Waals surface area contributed by atoms with E-state index in [9.17, 15) is 4.79 Å². The summed E-state index contributed by atoms with van der Waals surface area (Å²) < 4.78 is 6.16. The molecule has 1 aliphatic carbocycles. The van der Waals surface area contributed by atoms with Crippen molar-refractivity contribution in [2.45, 2.75) is 32.6 Å². The van der Waals surface area contributed by atoms with Gasteiger partial charge in [-0.1, -0.05) is 15.9 Å². The fourth-order valence-corrected chi connectivity index (χ4v) is 2.69. The highest BCUT2D eigenvalue weighted by molar-refractivity contribution is 9.10. The molecule has 1 aromatic carbocycles. The standard InChI is InChI=1S/C12H13BrO2/c1-8(14)15-10-6-9-4-2-3-5-11(9)12(13)7-10/h6-7H,2-5H2,1H3. The van der Waals surface area contributed by atoms with Gasteiger partial charge in [-0.25, -0.2) is 0 Å². The number of hydrogen-bond donors (Lipinski definition) is 0. The molecule has 0 N–H and O–H groups in total. The van der Waals surface area contributed by atoms with Crippen LogP contribution in [0.4, 0.5) is 0 Å². The lowest BCUT2D eigenvalue weighted by Crippen LogP contribution is -2.06. The zero-order valence-electron chi connectivity index (χ0n) is 8.68. The van der Waals surface area contributed by atoms with Gasteiger partial charge in [-0.2, -0.15) is 0 Å². The molecule has 3 heteroatoms. The van der Waals surface area contributed by atoms with Crippen LogP contribution in [-0.4, -0.2) is 5.97 Å². The van der Waals surface area contributed by atoms with Crippen LogP contribution in [0.25, 0.3) is 0 Å². The van der Waals surface area contributed by atoms with Gasteiger partial charge in [0.05, 0.1) is 0 Å². The van der Waals surface area contributed by atoms with Crippen molar-refractivity contribution in [3.8, 4) is 5.75 Å². The number of carbonyl (C=O) groups excluding carboxylic acids is 1.